The summed E-state index contributed by atoms with van der Waals surface area (Å²) in [7, 11) is 0. The van der Waals surface area contributed by atoms with Crippen molar-refractivity contribution in [2.45, 2.75) is 31.7 Å². The lowest BCUT2D eigenvalue weighted by molar-refractivity contribution is -0.134. The van der Waals surface area contributed by atoms with Crippen LogP contribution in [-0.2, 0) is 15.1 Å². The zero-order chi connectivity index (χ0) is 15.9. The Labute approximate surface area is 131 Å². The maximum absolute atomic E-state index is 12.7. The molecule has 0 bridgehead atoms. The monoisotopic (exact) mass is 319 g/mol. The summed E-state index contributed by atoms with van der Waals surface area (Å²) in [5, 5.41) is 3.10. The van der Waals surface area contributed by atoms with Crippen molar-refractivity contribution in [3.63, 3.8) is 0 Å². The minimum absolute atomic E-state index is 0.267. The van der Waals surface area contributed by atoms with E-state index in [1.54, 1.807) is 19.1 Å². The number of hydrogen-bond donors (Lipinski definition) is 1. The average Bonchev–Trinajstić information content (AvgIpc) is 2.59. The average molecular weight is 320 g/mol. The van der Waals surface area contributed by atoms with Crippen LogP contribution in [0.4, 0.5) is 0 Å². The molecule has 1 aliphatic heterocycles. The van der Waals surface area contributed by atoms with Crippen LogP contribution in [0.2, 0.25) is 5.02 Å². The summed E-state index contributed by atoms with van der Waals surface area (Å²) in [6.07, 6.45) is 2.53. The summed E-state index contributed by atoms with van der Waals surface area (Å²) >= 11 is 5.94. The van der Waals surface area contributed by atoms with E-state index >= 15 is 0 Å². The van der Waals surface area contributed by atoms with Gasteiger partial charge in [-0.15, -0.1) is 0 Å². The summed E-state index contributed by atoms with van der Waals surface area (Å²) in [5.41, 5.74) is -0.980. The molecule has 0 spiro atoms. The van der Waals surface area contributed by atoms with Crippen LogP contribution in [-0.4, -0.2) is 21.4 Å². The predicted octanol–water partition coefficient (Wildman–Crippen LogP) is 1.59. The fraction of sp³-hybridized carbons (Fsp3) is 0.333. The molecule has 0 radical (unpaired) electrons. The van der Waals surface area contributed by atoms with Gasteiger partial charge in [-0.25, -0.2) is 4.98 Å². The van der Waals surface area contributed by atoms with Gasteiger partial charge in [-0.2, -0.15) is 0 Å². The molecule has 0 aliphatic carbocycles. The third-order valence-electron chi connectivity index (χ3n) is 4.06. The van der Waals surface area contributed by atoms with Crippen molar-refractivity contribution in [1.29, 1.82) is 0 Å². The van der Waals surface area contributed by atoms with Crippen molar-refractivity contribution in [2.24, 2.45) is 0 Å². The number of imide groups is 1. The molecule has 2 aromatic rings. The Morgan fingerprint density at radius 3 is 2.86 bits per heavy atom. The van der Waals surface area contributed by atoms with Crippen molar-refractivity contribution in [3.05, 3.63) is 39.9 Å². The van der Waals surface area contributed by atoms with Crippen molar-refractivity contribution >= 4 is 34.3 Å². The number of carbonyl (C=O) groups excluding carboxylic acids is 2. The van der Waals surface area contributed by atoms with Gasteiger partial charge in [-0.1, -0.05) is 11.6 Å². The maximum atomic E-state index is 12.7. The Morgan fingerprint density at radius 2 is 2.09 bits per heavy atom. The number of amides is 2. The second-order valence-corrected chi connectivity index (χ2v) is 6.02. The molecule has 1 aliphatic rings. The van der Waals surface area contributed by atoms with E-state index in [-0.39, 0.29) is 17.9 Å². The van der Waals surface area contributed by atoms with Crippen LogP contribution in [0.3, 0.4) is 0 Å². The van der Waals surface area contributed by atoms with Crippen molar-refractivity contribution < 1.29 is 9.59 Å². The van der Waals surface area contributed by atoms with Crippen LogP contribution in [0, 0.1) is 0 Å². The summed E-state index contributed by atoms with van der Waals surface area (Å²) in [5.74, 6) is -0.807. The van der Waals surface area contributed by atoms with Crippen molar-refractivity contribution in [3.8, 4) is 0 Å². The van der Waals surface area contributed by atoms with Gasteiger partial charge in [-0.3, -0.25) is 24.3 Å². The minimum atomic E-state index is -1.15. The molecule has 1 unspecified atom stereocenters. The third kappa shape index (κ3) is 2.29. The molecule has 114 valence electrons. The number of halogens is 1. The van der Waals surface area contributed by atoms with Gasteiger partial charge in [0.1, 0.15) is 5.54 Å². The molecule has 1 N–H and O–H groups in total. The topological polar surface area (TPSA) is 81.1 Å². The summed E-state index contributed by atoms with van der Waals surface area (Å²) in [6, 6.07) is 4.84. The number of aromatic nitrogens is 2. The van der Waals surface area contributed by atoms with Crippen LogP contribution in [0.5, 0.6) is 0 Å². The van der Waals surface area contributed by atoms with Gasteiger partial charge in [-0.05, 0) is 38.0 Å². The van der Waals surface area contributed by atoms with Gasteiger partial charge < -0.3 is 0 Å². The normalized spacial score (nSPS) is 22.5. The highest BCUT2D eigenvalue weighted by Crippen LogP contribution is 2.25. The smallest absolute Gasteiger partial charge is 0.262 e. The van der Waals surface area contributed by atoms with Crippen LogP contribution >= 0.6 is 11.6 Å². The van der Waals surface area contributed by atoms with Gasteiger partial charge in [0.05, 0.1) is 17.2 Å². The summed E-state index contributed by atoms with van der Waals surface area (Å²) < 4.78 is 1.29. The number of hydrogen-bond acceptors (Lipinski definition) is 4. The van der Waals surface area contributed by atoms with Crippen molar-refractivity contribution in [2.75, 3.05) is 0 Å². The SMILES string of the molecule is CC1(n2cnc3ccc(Cl)cc3c2=O)CCCC(=O)NC1=O. The number of nitrogens with zero attached hydrogens (tertiary/aromatic N) is 2. The second-order valence-electron chi connectivity index (χ2n) is 5.59. The molecular formula is C15H14ClN3O3. The number of fused-ring (bicyclic) bond motifs is 1. The summed E-state index contributed by atoms with van der Waals surface area (Å²) in [4.78, 5) is 40.8. The molecule has 3 rings (SSSR count). The van der Waals surface area contributed by atoms with E-state index in [4.69, 9.17) is 11.6 Å². The van der Waals surface area contributed by atoms with E-state index in [0.29, 0.717) is 28.8 Å². The lowest BCUT2D eigenvalue weighted by Gasteiger charge is -2.28. The van der Waals surface area contributed by atoms with Crippen LogP contribution in [0.25, 0.3) is 10.9 Å². The number of nitrogens with one attached hydrogen (secondary N) is 1. The zero-order valence-corrected chi connectivity index (χ0v) is 12.7. The Kier molecular flexibility index (Phi) is 3.48. The Balaban J connectivity index is 2.20. The van der Waals surface area contributed by atoms with Gasteiger partial charge >= 0.3 is 0 Å². The van der Waals surface area contributed by atoms with E-state index in [0.717, 1.165) is 0 Å². The molecular weight excluding hydrogens is 306 g/mol. The van der Waals surface area contributed by atoms with Crippen LogP contribution < -0.4 is 10.9 Å². The van der Waals surface area contributed by atoms with E-state index in [2.05, 4.69) is 10.3 Å². The molecule has 7 heteroatoms. The standard InChI is InChI=1S/C15H14ClN3O3/c1-15(6-2-3-12(20)18-14(15)22)19-8-17-11-5-4-9(16)7-10(11)13(19)21/h4-5,7-8H,2-3,6H2,1H3,(H,18,20,22). The molecule has 1 aromatic heterocycles. The maximum Gasteiger partial charge on any atom is 0.262 e. The van der Waals surface area contributed by atoms with Gasteiger partial charge in [0.15, 0.2) is 0 Å². The minimum Gasteiger partial charge on any atom is -0.294 e. The van der Waals surface area contributed by atoms with Gasteiger partial charge in [0.25, 0.3) is 11.5 Å². The highest BCUT2D eigenvalue weighted by Gasteiger charge is 2.39. The molecule has 2 heterocycles. The first kappa shape index (κ1) is 14.7. The van der Waals surface area contributed by atoms with Crippen LogP contribution in [0.1, 0.15) is 26.2 Å². The second kappa shape index (κ2) is 5.21. The number of rotatable bonds is 1. The van der Waals surface area contributed by atoms with Gasteiger partial charge in [0.2, 0.25) is 5.91 Å². The molecule has 2 amide bonds. The third-order valence-corrected chi connectivity index (χ3v) is 4.30. The highest BCUT2D eigenvalue weighted by atomic mass is 35.5. The highest BCUT2D eigenvalue weighted by molar-refractivity contribution is 6.31. The lowest BCUT2D eigenvalue weighted by Crippen LogP contribution is -2.50. The van der Waals surface area contributed by atoms with Gasteiger partial charge in [0, 0.05) is 11.4 Å². The fourth-order valence-electron chi connectivity index (χ4n) is 2.71. The Bertz CT molecular complexity index is 846. The van der Waals surface area contributed by atoms with Crippen molar-refractivity contribution in [1.82, 2.24) is 14.9 Å². The first-order valence-corrected chi connectivity index (χ1v) is 7.31. The largest absolute Gasteiger partial charge is 0.294 e. The molecule has 1 aromatic carbocycles. The first-order valence-electron chi connectivity index (χ1n) is 6.93. The fourth-order valence-corrected chi connectivity index (χ4v) is 2.88. The Morgan fingerprint density at radius 1 is 1.32 bits per heavy atom. The van der Waals surface area contributed by atoms with E-state index in [1.165, 1.54) is 17.0 Å². The number of benzene rings is 1. The molecule has 6 nitrogen and oxygen atoms in total. The molecule has 1 fully saturated rings. The molecule has 0 saturated carbocycles. The van der Waals surface area contributed by atoms with E-state index in [1.807, 2.05) is 0 Å². The quantitative estimate of drug-likeness (QED) is 0.809. The lowest BCUT2D eigenvalue weighted by atomic mass is 9.94. The number of carbonyl (C=O) groups is 2. The summed E-state index contributed by atoms with van der Waals surface area (Å²) in [6.45, 7) is 1.64. The van der Waals surface area contributed by atoms with Crippen LogP contribution in [0.15, 0.2) is 29.3 Å². The van der Waals surface area contributed by atoms with E-state index < -0.39 is 11.4 Å². The zero-order valence-electron chi connectivity index (χ0n) is 11.9. The predicted molar refractivity (Wildman–Crippen MR) is 81.7 cm³/mol. The first-order chi connectivity index (χ1) is 10.4. The molecule has 22 heavy (non-hydrogen) atoms. The van der Waals surface area contributed by atoms with E-state index in [9.17, 15) is 14.4 Å². The molecule has 1 saturated heterocycles. The molecule has 1 atom stereocenters. The Hall–Kier alpha value is -2.21.